The van der Waals surface area contributed by atoms with Gasteiger partial charge in [-0.2, -0.15) is 0 Å². The number of likely N-dealkylation sites (tertiary alicyclic amines) is 1. The minimum absolute atomic E-state index is 0.0142. The molecule has 0 bridgehead atoms. The fourth-order valence-corrected chi connectivity index (χ4v) is 2.35. The van der Waals surface area contributed by atoms with Gasteiger partial charge in [-0.3, -0.25) is 9.59 Å². The highest BCUT2D eigenvalue weighted by Crippen LogP contribution is 2.11. The second-order valence-corrected chi connectivity index (χ2v) is 4.93. The lowest BCUT2D eigenvalue weighted by atomic mass is 10.0. The number of benzene rings is 1. The molecule has 1 fully saturated rings. The summed E-state index contributed by atoms with van der Waals surface area (Å²) in [6.07, 6.45) is 1.57. The van der Waals surface area contributed by atoms with Crippen molar-refractivity contribution in [3.63, 3.8) is 0 Å². The van der Waals surface area contributed by atoms with Crippen LogP contribution in [0.5, 0.6) is 0 Å². The van der Waals surface area contributed by atoms with Gasteiger partial charge in [-0.1, -0.05) is 18.2 Å². The fraction of sp³-hybridized carbons (Fsp3) is 0.467. The van der Waals surface area contributed by atoms with E-state index in [1.165, 1.54) is 7.11 Å². The van der Waals surface area contributed by atoms with E-state index in [1.54, 1.807) is 17.0 Å². The van der Waals surface area contributed by atoms with Gasteiger partial charge in [0.15, 0.2) is 0 Å². The van der Waals surface area contributed by atoms with Gasteiger partial charge in [-0.05, 0) is 25.0 Å². The summed E-state index contributed by atoms with van der Waals surface area (Å²) in [5.74, 6) is -0.0346. The van der Waals surface area contributed by atoms with Crippen molar-refractivity contribution in [2.24, 2.45) is 0 Å². The Kier molecular flexibility index (Phi) is 5.12. The normalized spacial score (nSPS) is 15.9. The van der Waals surface area contributed by atoms with E-state index in [-0.39, 0.29) is 24.5 Å². The quantitative estimate of drug-likeness (QED) is 0.894. The summed E-state index contributed by atoms with van der Waals surface area (Å²) in [6, 6.07) is 9.31. The molecule has 1 aromatic rings. The number of nitrogens with zero attached hydrogens (tertiary/aromatic N) is 1. The van der Waals surface area contributed by atoms with Crippen molar-refractivity contribution in [3.8, 4) is 0 Å². The second kappa shape index (κ2) is 7.05. The van der Waals surface area contributed by atoms with Gasteiger partial charge in [0, 0.05) is 31.8 Å². The van der Waals surface area contributed by atoms with E-state index in [1.807, 2.05) is 18.2 Å². The van der Waals surface area contributed by atoms with Crippen LogP contribution in [0.15, 0.2) is 30.3 Å². The molecule has 1 aliphatic rings. The molecule has 0 aromatic heterocycles. The number of hydrogen-bond donors (Lipinski definition) is 1. The monoisotopic (exact) mass is 276 g/mol. The van der Waals surface area contributed by atoms with Crippen LogP contribution in [0, 0.1) is 0 Å². The van der Waals surface area contributed by atoms with Crippen LogP contribution in [0.1, 0.15) is 23.2 Å². The Morgan fingerprint density at radius 2 is 1.90 bits per heavy atom. The highest BCUT2D eigenvalue weighted by molar-refractivity contribution is 5.94. The zero-order valence-corrected chi connectivity index (χ0v) is 11.7. The third-order valence-electron chi connectivity index (χ3n) is 3.49. The van der Waals surface area contributed by atoms with Crippen LogP contribution in [0.25, 0.3) is 0 Å². The number of amides is 2. The van der Waals surface area contributed by atoms with Crippen molar-refractivity contribution in [3.05, 3.63) is 35.9 Å². The topological polar surface area (TPSA) is 58.6 Å². The number of ether oxygens (including phenoxy) is 1. The van der Waals surface area contributed by atoms with Crippen LogP contribution in [0.3, 0.4) is 0 Å². The van der Waals surface area contributed by atoms with Gasteiger partial charge in [0.1, 0.15) is 6.61 Å². The molecule has 0 aliphatic carbocycles. The van der Waals surface area contributed by atoms with Gasteiger partial charge in [-0.15, -0.1) is 0 Å². The number of nitrogens with one attached hydrogen (secondary N) is 1. The SMILES string of the molecule is COCC(=O)N1CCC(NC(=O)c2ccccc2)CC1. The number of methoxy groups -OCH3 is 1. The van der Waals surface area contributed by atoms with Crippen molar-refractivity contribution in [2.75, 3.05) is 26.8 Å². The Labute approximate surface area is 118 Å². The molecule has 0 radical (unpaired) electrons. The Morgan fingerprint density at radius 1 is 1.25 bits per heavy atom. The highest BCUT2D eigenvalue weighted by Gasteiger charge is 2.23. The molecule has 2 amide bonds. The number of carbonyl (C=O) groups is 2. The maximum atomic E-state index is 12.0. The Morgan fingerprint density at radius 3 is 2.50 bits per heavy atom. The predicted molar refractivity (Wildman–Crippen MR) is 75.4 cm³/mol. The summed E-state index contributed by atoms with van der Waals surface area (Å²) in [7, 11) is 1.52. The van der Waals surface area contributed by atoms with Crippen LogP contribution in [-0.4, -0.2) is 49.6 Å². The summed E-state index contributed by atoms with van der Waals surface area (Å²) < 4.78 is 4.85. The van der Waals surface area contributed by atoms with E-state index in [0.717, 1.165) is 12.8 Å². The summed E-state index contributed by atoms with van der Waals surface area (Å²) in [4.78, 5) is 25.5. The van der Waals surface area contributed by atoms with E-state index in [2.05, 4.69) is 5.32 Å². The molecular weight excluding hydrogens is 256 g/mol. The number of piperidine rings is 1. The molecule has 2 rings (SSSR count). The average molecular weight is 276 g/mol. The van der Waals surface area contributed by atoms with E-state index in [4.69, 9.17) is 4.74 Å². The van der Waals surface area contributed by atoms with Crippen molar-refractivity contribution < 1.29 is 14.3 Å². The van der Waals surface area contributed by atoms with E-state index in [9.17, 15) is 9.59 Å². The first-order valence-electron chi connectivity index (χ1n) is 6.83. The highest BCUT2D eigenvalue weighted by atomic mass is 16.5. The molecule has 0 unspecified atom stereocenters. The smallest absolute Gasteiger partial charge is 0.251 e. The third-order valence-corrected chi connectivity index (χ3v) is 3.49. The summed E-state index contributed by atoms with van der Waals surface area (Å²) in [5, 5.41) is 3.02. The zero-order chi connectivity index (χ0) is 14.4. The Hall–Kier alpha value is -1.88. The second-order valence-electron chi connectivity index (χ2n) is 4.93. The Bertz CT molecular complexity index is 453. The zero-order valence-electron chi connectivity index (χ0n) is 11.7. The third kappa shape index (κ3) is 3.81. The lowest BCUT2D eigenvalue weighted by Crippen LogP contribution is -2.47. The van der Waals surface area contributed by atoms with Gasteiger partial charge < -0.3 is 15.0 Å². The van der Waals surface area contributed by atoms with E-state index < -0.39 is 0 Å². The summed E-state index contributed by atoms with van der Waals surface area (Å²) in [6.45, 7) is 1.46. The standard InChI is InChI=1S/C15H20N2O3/c1-20-11-14(18)17-9-7-13(8-10-17)16-15(19)12-5-3-2-4-6-12/h2-6,13H,7-11H2,1H3,(H,16,19). The number of hydrogen-bond acceptors (Lipinski definition) is 3. The van der Waals surface area contributed by atoms with E-state index >= 15 is 0 Å². The molecule has 0 spiro atoms. The Balaban J connectivity index is 1.80. The lowest BCUT2D eigenvalue weighted by Gasteiger charge is -2.32. The molecule has 1 heterocycles. The van der Waals surface area contributed by atoms with E-state index in [0.29, 0.717) is 18.7 Å². The van der Waals surface area contributed by atoms with Crippen LogP contribution in [0.2, 0.25) is 0 Å². The molecule has 108 valence electrons. The van der Waals surface area contributed by atoms with Gasteiger partial charge in [0.2, 0.25) is 5.91 Å². The molecule has 1 aliphatic heterocycles. The first-order valence-corrected chi connectivity index (χ1v) is 6.83. The lowest BCUT2D eigenvalue weighted by molar-refractivity contribution is -0.136. The predicted octanol–water partition coefficient (Wildman–Crippen LogP) is 1.05. The summed E-state index contributed by atoms with van der Waals surface area (Å²) in [5.41, 5.74) is 0.672. The minimum atomic E-state index is -0.0488. The average Bonchev–Trinajstić information content (AvgIpc) is 2.49. The number of carbonyl (C=O) groups excluding carboxylic acids is 2. The van der Waals surface area contributed by atoms with Crippen molar-refractivity contribution in [2.45, 2.75) is 18.9 Å². The van der Waals surface area contributed by atoms with Crippen LogP contribution < -0.4 is 5.32 Å². The largest absolute Gasteiger partial charge is 0.375 e. The maximum Gasteiger partial charge on any atom is 0.251 e. The molecule has 1 aromatic carbocycles. The molecule has 5 heteroatoms. The molecule has 20 heavy (non-hydrogen) atoms. The van der Waals surface area contributed by atoms with Crippen LogP contribution in [0.4, 0.5) is 0 Å². The first kappa shape index (κ1) is 14.5. The molecule has 1 saturated heterocycles. The van der Waals surface area contributed by atoms with Gasteiger partial charge in [-0.25, -0.2) is 0 Å². The van der Waals surface area contributed by atoms with Gasteiger partial charge in [0.25, 0.3) is 5.91 Å². The molecule has 0 saturated carbocycles. The van der Waals surface area contributed by atoms with Crippen LogP contribution in [-0.2, 0) is 9.53 Å². The van der Waals surface area contributed by atoms with Crippen molar-refractivity contribution >= 4 is 11.8 Å². The number of rotatable bonds is 4. The molecule has 1 N–H and O–H groups in total. The first-order chi connectivity index (χ1) is 9.70. The molecule has 5 nitrogen and oxygen atoms in total. The maximum absolute atomic E-state index is 12.0. The fourth-order valence-electron chi connectivity index (χ4n) is 2.35. The van der Waals surface area contributed by atoms with Crippen molar-refractivity contribution in [1.29, 1.82) is 0 Å². The van der Waals surface area contributed by atoms with Gasteiger partial charge >= 0.3 is 0 Å². The summed E-state index contributed by atoms with van der Waals surface area (Å²) >= 11 is 0. The minimum Gasteiger partial charge on any atom is -0.375 e. The molecular formula is C15H20N2O3. The van der Waals surface area contributed by atoms with Crippen molar-refractivity contribution in [1.82, 2.24) is 10.2 Å². The van der Waals surface area contributed by atoms with Gasteiger partial charge in [0.05, 0.1) is 0 Å². The molecule has 0 atom stereocenters. The van der Waals surface area contributed by atoms with Crippen LogP contribution >= 0.6 is 0 Å².